The number of hydrogen-bond acceptors (Lipinski definition) is 3. The van der Waals surface area contributed by atoms with Gasteiger partial charge in [-0.25, -0.2) is 4.98 Å². The second-order valence-corrected chi connectivity index (χ2v) is 5.80. The Morgan fingerprint density at radius 1 is 1.33 bits per heavy atom. The number of nitrogens with one attached hydrogen (secondary N) is 1. The maximum Gasteiger partial charge on any atom is 0.121 e. The topological polar surface area (TPSA) is 39.1 Å². The van der Waals surface area contributed by atoms with E-state index in [1.807, 2.05) is 26.1 Å². The van der Waals surface area contributed by atoms with Crippen molar-refractivity contribution in [1.82, 2.24) is 14.9 Å². The second kappa shape index (κ2) is 7.46. The molecule has 0 aliphatic heterocycles. The molecule has 2 aromatic rings. The van der Waals surface area contributed by atoms with Gasteiger partial charge in [-0.1, -0.05) is 13.8 Å². The summed E-state index contributed by atoms with van der Waals surface area (Å²) in [6.45, 7) is 9.19. The van der Waals surface area contributed by atoms with Gasteiger partial charge in [0, 0.05) is 25.6 Å². The summed E-state index contributed by atoms with van der Waals surface area (Å²) in [6.07, 6.45) is 2.12. The Kier molecular flexibility index (Phi) is 5.62. The molecule has 4 nitrogen and oxygen atoms in total. The predicted molar refractivity (Wildman–Crippen MR) is 88.0 cm³/mol. The van der Waals surface area contributed by atoms with Crippen LogP contribution >= 0.6 is 0 Å². The number of imidazole rings is 1. The van der Waals surface area contributed by atoms with Gasteiger partial charge in [-0.15, -0.1) is 0 Å². The first kappa shape index (κ1) is 15.8. The Bertz CT molecular complexity index is 575. The summed E-state index contributed by atoms with van der Waals surface area (Å²) in [4.78, 5) is 4.81. The van der Waals surface area contributed by atoms with Crippen molar-refractivity contribution in [2.45, 2.75) is 40.2 Å². The molecule has 0 saturated carbocycles. The standard InChI is InChI=1S/C17H27N3O/c1-5-21-14-6-7-16-15(12-14)19-17(8-10-18-4)20(16)11-9-13(2)3/h6-7,12-13,18H,5,8-11H2,1-4H3. The minimum absolute atomic E-state index is 0.687. The van der Waals surface area contributed by atoms with Crippen molar-refractivity contribution in [3.8, 4) is 5.75 Å². The zero-order valence-corrected chi connectivity index (χ0v) is 13.6. The van der Waals surface area contributed by atoms with Crippen LogP contribution in [0.25, 0.3) is 11.0 Å². The van der Waals surface area contributed by atoms with Gasteiger partial charge in [0.1, 0.15) is 11.6 Å². The molecule has 0 aliphatic carbocycles. The highest BCUT2D eigenvalue weighted by Crippen LogP contribution is 2.23. The molecular weight excluding hydrogens is 262 g/mol. The van der Waals surface area contributed by atoms with Crippen molar-refractivity contribution >= 4 is 11.0 Å². The van der Waals surface area contributed by atoms with Crippen molar-refractivity contribution in [3.05, 3.63) is 24.0 Å². The summed E-state index contributed by atoms with van der Waals surface area (Å²) in [5, 5.41) is 3.21. The van der Waals surface area contributed by atoms with E-state index in [9.17, 15) is 0 Å². The van der Waals surface area contributed by atoms with E-state index in [1.165, 1.54) is 11.9 Å². The van der Waals surface area contributed by atoms with Crippen LogP contribution in [0.5, 0.6) is 5.75 Å². The zero-order valence-electron chi connectivity index (χ0n) is 13.6. The number of nitrogens with zero attached hydrogens (tertiary/aromatic N) is 2. The third-order valence-corrected chi connectivity index (χ3v) is 3.64. The summed E-state index contributed by atoms with van der Waals surface area (Å²) in [7, 11) is 1.98. The van der Waals surface area contributed by atoms with Crippen LogP contribution in [0.2, 0.25) is 0 Å². The number of hydrogen-bond donors (Lipinski definition) is 1. The van der Waals surface area contributed by atoms with Gasteiger partial charge in [0.05, 0.1) is 17.6 Å². The number of aryl methyl sites for hydroxylation is 1. The first-order valence-corrected chi connectivity index (χ1v) is 7.92. The molecule has 21 heavy (non-hydrogen) atoms. The summed E-state index contributed by atoms with van der Waals surface area (Å²) < 4.78 is 7.94. The average molecular weight is 289 g/mol. The van der Waals surface area contributed by atoms with Gasteiger partial charge in [-0.05, 0) is 38.4 Å². The summed E-state index contributed by atoms with van der Waals surface area (Å²) >= 11 is 0. The predicted octanol–water partition coefficient (Wildman–Crippen LogP) is 3.24. The number of rotatable bonds is 8. The van der Waals surface area contributed by atoms with Crippen LogP contribution in [0.4, 0.5) is 0 Å². The lowest BCUT2D eigenvalue weighted by Crippen LogP contribution is -2.14. The fraction of sp³-hybridized carbons (Fsp3) is 0.588. The van der Waals surface area contributed by atoms with Crippen LogP contribution in [0.15, 0.2) is 18.2 Å². The van der Waals surface area contributed by atoms with Crippen molar-refractivity contribution < 1.29 is 4.74 Å². The molecule has 0 bridgehead atoms. The number of benzene rings is 1. The largest absolute Gasteiger partial charge is 0.494 e. The van der Waals surface area contributed by atoms with Gasteiger partial charge in [0.15, 0.2) is 0 Å². The first-order valence-electron chi connectivity index (χ1n) is 7.92. The molecule has 0 amide bonds. The molecule has 1 heterocycles. The van der Waals surface area contributed by atoms with Crippen LogP contribution in [0.3, 0.4) is 0 Å². The molecule has 1 aromatic heterocycles. The van der Waals surface area contributed by atoms with Crippen molar-refractivity contribution in [1.29, 1.82) is 0 Å². The highest BCUT2D eigenvalue weighted by Gasteiger charge is 2.11. The minimum Gasteiger partial charge on any atom is -0.494 e. The molecule has 0 saturated heterocycles. The highest BCUT2D eigenvalue weighted by atomic mass is 16.5. The lowest BCUT2D eigenvalue weighted by atomic mass is 10.1. The molecule has 0 unspecified atom stereocenters. The van der Waals surface area contributed by atoms with E-state index in [0.29, 0.717) is 12.5 Å². The summed E-state index contributed by atoms with van der Waals surface area (Å²) in [5.74, 6) is 2.76. The monoisotopic (exact) mass is 289 g/mol. The molecule has 4 heteroatoms. The van der Waals surface area contributed by atoms with Gasteiger partial charge in [-0.3, -0.25) is 0 Å². The highest BCUT2D eigenvalue weighted by molar-refractivity contribution is 5.77. The third kappa shape index (κ3) is 3.97. The van der Waals surface area contributed by atoms with Crippen LogP contribution < -0.4 is 10.1 Å². The Labute approximate surface area is 127 Å². The molecule has 0 atom stereocenters. The van der Waals surface area contributed by atoms with E-state index in [4.69, 9.17) is 9.72 Å². The Morgan fingerprint density at radius 3 is 2.81 bits per heavy atom. The number of fused-ring (bicyclic) bond motifs is 1. The van der Waals surface area contributed by atoms with Crippen molar-refractivity contribution in [2.75, 3.05) is 20.2 Å². The van der Waals surface area contributed by atoms with E-state index in [-0.39, 0.29) is 0 Å². The molecule has 116 valence electrons. The Balaban J connectivity index is 2.34. The minimum atomic E-state index is 0.687. The molecule has 0 aliphatic rings. The van der Waals surface area contributed by atoms with Gasteiger partial charge in [0.2, 0.25) is 0 Å². The van der Waals surface area contributed by atoms with Crippen LogP contribution in [0, 0.1) is 5.92 Å². The van der Waals surface area contributed by atoms with Crippen LogP contribution in [-0.4, -0.2) is 29.8 Å². The molecule has 0 fully saturated rings. The second-order valence-electron chi connectivity index (χ2n) is 5.80. The van der Waals surface area contributed by atoms with Gasteiger partial charge < -0.3 is 14.6 Å². The van der Waals surface area contributed by atoms with Gasteiger partial charge in [-0.2, -0.15) is 0 Å². The zero-order chi connectivity index (χ0) is 15.2. The SMILES string of the molecule is CCOc1ccc2c(c1)nc(CCNC)n2CCC(C)C. The maximum atomic E-state index is 5.58. The van der Waals surface area contributed by atoms with E-state index < -0.39 is 0 Å². The molecule has 0 spiro atoms. The Hall–Kier alpha value is -1.55. The number of aromatic nitrogens is 2. The lowest BCUT2D eigenvalue weighted by molar-refractivity contribution is 0.340. The molecule has 0 radical (unpaired) electrons. The normalized spacial score (nSPS) is 11.5. The average Bonchev–Trinajstić information content (AvgIpc) is 2.80. The molecular formula is C17H27N3O. The Morgan fingerprint density at radius 2 is 2.14 bits per heavy atom. The number of ether oxygens (including phenoxy) is 1. The smallest absolute Gasteiger partial charge is 0.121 e. The maximum absolute atomic E-state index is 5.58. The third-order valence-electron chi connectivity index (χ3n) is 3.64. The molecule has 1 N–H and O–H groups in total. The fourth-order valence-corrected chi connectivity index (χ4v) is 2.48. The first-order chi connectivity index (χ1) is 10.2. The quantitative estimate of drug-likeness (QED) is 0.811. The lowest BCUT2D eigenvalue weighted by Gasteiger charge is -2.11. The van der Waals surface area contributed by atoms with Gasteiger partial charge >= 0.3 is 0 Å². The van der Waals surface area contributed by atoms with Crippen LogP contribution in [0.1, 0.15) is 33.0 Å². The fourth-order valence-electron chi connectivity index (χ4n) is 2.48. The van der Waals surface area contributed by atoms with Crippen molar-refractivity contribution in [2.24, 2.45) is 5.92 Å². The van der Waals surface area contributed by atoms with E-state index in [2.05, 4.69) is 29.8 Å². The van der Waals surface area contributed by atoms with Crippen LogP contribution in [-0.2, 0) is 13.0 Å². The van der Waals surface area contributed by atoms with Gasteiger partial charge in [0.25, 0.3) is 0 Å². The molecule has 2 rings (SSSR count). The van der Waals surface area contributed by atoms with E-state index >= 15 is 0 Å². The molecule has 1 aromatic carbocycles. The van der Waals surface area contributed by atoms with E-state index in [1.54, 1.807) is 0 Å². The number of likely N-dealkylation sites (N-methyl/N-ethyl adjacent to an activating group) is 1. The van der Waals surface area contributed by atoms with E-state index in [0.717, 1.165) is 36.6 Å². The van der Waals surface area contributed by atoms with Crippen molar-refractivity contribution in [3.63, 3.8) is 0 Å². The summed E-state index contributed by atoms with van der Waals surface area (Å²) in [5.41, 5.74) is 2.25. The summed E-state index contributed by atoms with van der Waals surface area (Å²) in [6, 6.07) is 6.23.